The van der Waals surface area contributed by atoms with Crippen LogP contribution in [-0.2, 0) is 4.79 Å². The van der Waals surface area contributed by atoms with Crippen LogP contribution in [0.5, 0.6) is 0 Å². The molecule has 0 aliphatic heterocycles. The summed E-state index contributed by atoms with van der Waals surface area (Å²) >= 11 is 0. The Kier molecular flexibility index (Phi) is 4.10. The third kappa shape index (κ3) is 3.19. The fourth-order valence-corrected chi connectivity index (χ4v) is 1.76. The maximum atomic E-state index is 13.5. The highest BCUT2D eigenvalue weighted by atomic mass is 19.1. The van der Waals surface area contributed by atoms with Crippen LogP contribution in [0.1, 0.15) is 32.3 Å². The third-order valence-corrected chi connectivity index (χ3v) is 2.75. The predicted octanol–water partition coefficient (Wildman–Crippen LogP) is 3.19. The number of hydrogen-bond donors (Lipinski definition) is 2. The molecule has 0 spiro atoms. The van der Waals surface area contributed by atoms with Crippen LogP contribution in [0.2, 0.25) is 0 Å². The molecule has 1 atom stereocenters. The second kappa shape index (κ2) is 5.17. The lowest BCUT2D eigenvalue weighted by molar-refractivity contribution is -0.141. The molecular formula is C13H18FNO2. The molecule has 0 amide bonds. The fourth-order valence-electron chi connectivity index (χ4n) is 1.76. The van der Waals surface area contributed by atoms with Gasteiger partial charge in [0.25, 0.3) is 0 Å². The number of carboxylic acids is 1. The summed E-state index contributed by atoms with van der Waals surface area (Å²) in [7, 11) is 0. The van der Waals surface area contributed by atoms with E-state index in [1.54, 1.807) is 19.1 Å². The number of carbonyl (C=O) groups is 1. The smallest absolute Gasteiger partial charge is 0.329 e. The summed E-state index contributed by atoms with van der Waals surface area (Å²) in [6, 6.07) is 4.61. The maximum Gasteiger partial charge on any atom is 0.329 e. The van der Waals surface area contributed by atoms with Gasteiger partial charge in [0.2, 0.25) is 0 Å². The van der Waals surface area contributed by atoms with Gasteiger partial charge in [-0.25, -0.2) is 9.18 Å². The maximum absolute atomic E-state index is 13.5. The average molecular weight is 239 g/mol. The molecule has 1 rings (SSSR count). The van der Waals surface area contributed by atoms with Gasteiger partial charge in [0.15, 0.2) is 0 Å². The van der Waals surface area contributed by atoms with Crippen molar-refractivity contribution in [2.24, 2.45) is 0 Å². The topological polar surface area (TPSA) is 49.3 Å². The molecule has 4 heteroatoms. The van der Waals surface area contributed by atoms with Crippen molar-refractivity contribution in [3.05, 3.63) is 29.6 Å². The minimum absolute atomic E-state index is 0.239. The second-order valence-electron chi connectivity index (χ2n) is 4.50. The molecule has 0 fully saturated rings. The zero-order chi connectivity index (χ0) is 13.1. The number of rotatable bonds is 5. The lowest BCUT2D eigenvalue weighted by Crippen LogP contribution is -2.43. The van der Waals surface area contributed by atoms with E-state index < -0.39 is 17.3 Å². The molecule has 94 valence electrons. The van der Waals surface area contributed by atoms with Crippen LogP contribution < -0.4 is 5.32 Å². The van der Waals surface area contributed by atoms with E-state index in [0.717, 1.165) is 5.56 Å². The number of nitrogens with one attached hydrogen (secondary N) is 1. The molecule has 0 aliphatic rings. The largest absolute Gasteiger partial charge is 0.480 e. The van der Waals surface area contributed by atoms with Crippen LogP contribution in [0, 0.1) is 12.7 Å². The molecular weight excluding hydrogens is 221 g/mol. The van der Waals surface area contributed by atoms with Gasteiger partial charge in [0.1, 0.15) is 11.4 Å². The number of aliphatic carboxylic acids is 1. The van der Waals surface area contributed by atoms with Crippen LogP contribution in [0.3, 0.4) is 0 Å². The van der Waals surface area contributed by atoms with Gasteiger partial charge in [-0.1, -0.05) is 19.4 Å². The number of aryl methyl sites for hydroxylation is 1. The Balaban J connectivity index is 3.01. The van der Waals surface area contributed by atoms with E-state index >= 15 is 0 Å². The van der Waals surface area contributed by atoms with Gasteiger partial charge in [-0.15, -0.1) is 0 Å². The third-order valence-electron chi connectivity index (χ3n) is 2.75. The number of halogens is 1. The molecule has 3 nitrogen and oxygen atoms in total. The Labute approximate surface area is 101 Å². The molecule has 0 aromatic heterocycles. The Morgan fingerprint density at radius 1 is 1.53 bits per heavy atom. The minimum Gasteiger partial charge on any atom is -0.480 e. The van der Waals surface area contributed by atoms with Crippen molar-refractivity contribution in [3.8, 4) is 0 Å². The summed E-state index contributed by atoms with van der Waals surface area (Å²) < 4.78 is 13.5. The van der Waals surface area contributed by atoms with Crippen molar-refractivity contribution >= 4 is 11.7 Å². The molecule has 1 aromatic rings. The normalized spacial score (nSPS) is 14.1. The average Bonchev–Trinajstić information content (AvgIpc) is 2.23. The molecule has 0 aliphatic carbocycles. The monoisotopic (exact) mass is 239 g/mol. The lowest BCUT2D eigenvalue weighted by Gasteiger charge is -2.27. The molecule has 1 unspecified atom stereocenters. The van der Waals surface area contributed by atoms with Crippen molar-refractivity contribution in [3.63, 3.8) is 0 Å². The number of carboxylic acid groups (broad SMARTS) is 1. The van der Waals surface area contributed by atoms with E-state index in [9.17, 15) is 14.3 Å². The SMILES string of the molecule is CCCC(C)(Nc1cc(C)ccc1F)C(=O)O. The van der Waals surface area contributed by atoms with Gasteiger partial charge in [-0.3, -0.25) is 0 Å². The number of hydrogen-bond acceptors (Lipinski definition) is 2. The first-order valence-electron chi connectivity index (χ1n) is 5.67. The van der Waals surface area contributed by atoms with Gasteiger partial charge in [0, 0.05) is 0 Å². The molecule has 0 saturated carbocycles. The van der Waals surface area contributed by atoms with E-state index in [2.05, 4.69) is 5.32 Å². The quantitative estimate of drug-likeness (QED) is 0.829. The van der Waals surface area contributed by atoms with Gasteiger partial charge in [-0.2, -0.15) is 0 Å². The molecule has 17 heavy (non-hydrogen) atoms. The number of benzene rings is 1. The first-order valence-corrected chi connectivity index (χ1v) is 5.67. The van der Waals surface area contributed by atoms with E-state index in [1.165, 1.54) is 6.07 Å². The summed E-state index contributed by atoms with van der Waals surface area (Å²) in [5, 5.41) is 12.0. The zero-order valence-electron chi connectivity index (χ0n) is 10.4. The summed E-state index contributed by atoms with van der Waals surface area (Å²) in [4.78, 5) is 11.2. The highest BCUT2D eigenvalue weighted by Gasteiger charge is 2.32. The van der Waals surface area contributed by atoms with Crippen LogP contribution in [0.25, 0.3) is 0 Å². The van der Waals surface area contributed by atoms with Crippen LogP contribution in [-0.4, -0.2) is 16.6 Å². The van der Waals surface area contributed by atoms with E-state index in [-0.39, 0.29) is 5.69 Å². The predicted molar refractivity (Wildman–Crippen MR) is 65.7 cm³/mol. The van der Waals surface area contributed by atoms with E-state index in [1.807, 2.05) is 13.8 Å². The van der Waals surface area contributed by atoms with Crippen molar-refractivity contribution in [1.82, 2.24) is 0 Å². The van der Waals surface area contributed by atoms with Crippen LogP contribution in [0.4, 0.5) is 10.1 Å². The Hall–Kier alpha value is -1.58. The van der Waals surface area contributed by atoms with Gasteiger partial charge < -0.3 is 10.4 Å². The first kappa shape index (κ1) is 13.5. The van der Waals surface area contributed by atoms with Crippen molar-refractivity contribution < 1.29 is 14.3 Å². The highest BCUT2D eigenvalue weighted by molar-refractivity contribution is 5.82. The van der Waals surface area contributed by atoms with E-state index in [4.69, 9.17) is 0 Å². The van der Waals surface area contributed by atoms with Gasteiger partial charge >= 0.3 is 5.97 Å². The highest BCUT2D eigenvalue weighted by Crippen LogP contribution is 2.23. The van der Waals surface area contributed by atoms with Gasteiger partial charge in [-0.05, 0) is 38.0 Å². The molecule has 0 bridgehead atoms. The molecule has 0 radical (unpaired) electrons. The van der Waals surface area contributed by atoms with Crippen molar-refractivity contribution in [2.75, 3.05) is 5.32 Å². The lowest BCUT2D eigenvalue weighted by atomic mass is 9.95. The zero-order valence-corrected chi connectivity index (χ0v) is 10.4. The molecule has 0 heterocycles. The van der Waals surface area contributed by atoms with Crippen LogP contribution >= 0.6 is 0 Å². The standard InChI is InChI=1S/C13H18FNO2/c1-4-7-13(3,12(16)17)15-11-8-9(2)5-6-10(11)14/h5-6,8,15H,4,7H2,1-3H3,(H,16,17). The second-order valence-corrected chi connectivity index (χ2v) is 4.50. The summed E-state index contributed by atoms with van der Waals surface area (Å²) in [5.41, 5.74) is -0.00916. The van der Waals surface area contributed by atoms with E-state index in [0.29, 0.717) is 12.8 Å². The minimum atomic E-state index is -1.14. The molecule has 2 N–H and O–H groups in total. The van der Waals surface area contributed by atoms with Crippen LogP contribution in [0.15, 0.2) is 18.2 Å². The Morgan fingerprint density at radius 3 is 2.71 bits per heavy atom. The van der Waals surface area contributed by atoms with Crippen molar-refractivity contribution in [2.45, 2.75) is 39.2 Å². The summed E-state index contributed by atoms with van der Waals surface area (Å²) in [6.45, 7) is 5.30. The fraction of sp³-hybridized carbons (Fsp3) is 0.462. The van der Waals surface area contributed by atoms with Crippen molar-refractivity contribution in [1.29, 1.82) is 0 Å². The molecule has 1 aromatic carbocycles. The number of anilines is 1. The van der Waals surface area contributed by atoms with Gasteiger partial charge in [0.05, 0.1) is 5.69 Å². The Bertz CT molecular complexity index is 420. The Morgan fingerprint density at radius 2 is 2.18 bits per heavy atom. The first-order chi connectivity index (χ1) is 7.89. The molecule has 0 saturated heterocycles. The summed E-state index contributed by atoms with van der Waals surface area (Å²) in [5.74, 6) is -1.40. The summed E-state index contributed by atoms with van der Waals surface area (Å²) in [6.07, 6.45) is 1.15.